The monoisotopic (exact) mass is 433 g/mol. The zero-order valence-electron chi connectivity index (χ0n) is 17.7. The number of para-hydroxylation sites is 1. The molecule has 1 saturated heterocycles. The molecule has 31 heavy (non-hydrogen) atoms. The minimum absolute atomic E-state index is 0.0501. The fourth-order valence-electron chi connectivity index (χ4n) is 3.61. The van der Waals surface area contributed by atoms with Crippen molar-refractivity contribution in [2.24, 2.45) is 0 Å². The van der Waals surface area contributed by atoms with Crippen LogP contribution in [0.3, 0.4) is 0 Å². The highest BCUT2D eigenvalue weighted by molar-refractivity contribution is 6.00. The summed E-state index contributed by atoms with van der Waals surface area (Å²) in [5, 5.41) is 0. The van der Waals surface area contributed by atoms with Crippen molar-refractivity contribution in [1.82, 2.24) is 4.90 Å². The lowest BCUT2D eigenvalue weighted by atomic mass is 10.1. The fraction of sp³-hybridized carbons (Fsp3) is 0.364. The molecule has 0 aromatic heterocycles. The molecule has 3 rings (SSSR count). The highest BCUT2D eigenvalue weighted by Gasteiger charge is 2.43. The zero-order chi connectivity index (χ0) is 22.5. The molecule has 2 unspecified atom stereocenters. The molecule has 0 aliphatic carbocycles. The van der Waals surface area contributed by atoms with Crippen molar-refractivity contribution in [3.63, 3.8) is 0 Å². The molecule has 1 aliphatic rings. The second kappa shape index (κ2) is 9.55. The van der Waals surface area contributed by atoms with E-state index in [-0.39, 0.29) is 35.8 Å². The van der Waals surface area contributed by atoms with Crippen molar-refractivity contribution in [1.29, 1.82) is 0 Å². The second-order valence-corrected chi connectivity index (χ2v) is 6.78. The van der Waals surface area contributed by atoms with Crippen molar-refractivity contribution in [2.75, 3.05) is 35.0 Å². The molecule has 0 spiro atoms. The van der Waals surface area contributed by atoms with Gasteiger partial charge in [0.1, 0.15) is 12.1 Å². The largest absolute Gasteiger partial charge is 0.493 e. The SMILES string of the molecule is COC(=O)C1CC(Oc2ccccc2F)CN1C(=O)c1ccc(OC)c(OC)c1OC. The summed E-state index contributed by atoms with van der Waals surface area (Å²) in [6, 6.07) is 8.17. The Morgan fingerprint density at radius 3 is 2.26 bits per heavy atom. The molecule has 2 aromatic rings. The van der Waals surface area contributed by atoms with Gasteiger partial charge in [0.05, 0.1) is 40.5 Å². The van der Waals surface area contributed by atoms with Gasteiger partial charge in [-0.25, -0.2) is 9.18 Å². The van der Waals surface area contributed by atoms with Crippen molar-refractivity contribution in [3.8, 4) is 23.0 Å². The van der Waals surface area contributed by atoms with Crippen LogP contribution in [-0.4, -0.2) is 63.9 Å². The molecule has 0 saturated carbocycles. The standard InChI is InChI=1S/C22H24FNO7/c1-27-18-10-9-14(19(28-2)20(18)29-3)21(25)24-12-13(11-16(24)22(26)30-4)31-17-8-6-5-7-15(17)23/h5-10,13,16H,11-12H2,1-4H3. The van der Waals surface area contributed by atoms with Gasteiger partial charge in [0.25, 0.3) is 5.91 Å². The van der Waals surface area contributed by atoms with Crippen LogP contribution in [0.15, 0.2) is 36.4 Å². The highest BCUT2D eigenvalue weighted by atomic mass is 19.1. The number of halogens is 1. The third-order valence-electron chi connectivity index (χ3n) is 5.06. The number of amides is 1. The van der Waals surface area contributed by atoms with E-state index in [1.165, 1.54) is 51.5 Å². The van der Waals surface area contributed by atoms with Crippen molar-refractivity contribution < 1.29 is 37.7 Å². The number of methoxy groups -OCH3 is 4. The molecule has 2 atom stereocenters. The van der Waals surface area contributed by atoms with Gasteiger partial charge in [-0.15, -0.1) is 0 Å². The molecule has 166 valence electrons. The Bertz CT molecular complexity index is 965. The Balaban J connectivity index is 1.93. The van der Waals surface area contributed by atoms with Gasteiger partial charge in [-0.05, 0) is 24.3 Å². The molecular formula is C22H24FNO7. The number of carbonyl (C=O) groups excluding carboxylic acids is 2. The maximum absolute atomic E-state index is 14.0. The lowest BCUT2D eigenvalue weighted by molar-refractivity contribution is -0.145. The first kappa shape index (κ1) is 22.2. The van der Waals surface area contributed by atoms with E-state index in [2.05, 4.69) is 0 Å². The number of likely N-dealkylation sites (tertiary alicyclic amines) is 1. The summed E-state index contributed by atoms with van der Waals surface area (Å²) in [4.78, 5) is 27.1. The Morgan fingerprint density at radius 1 is 0.935 bits per heavy atom. The Labute approximate surface area is 179 Å². The Kier molecular flexibility index (Phi) is 6.84. The van der Waals surface area contributed by atoms with Gasteiger partial charge in [-0.3, -0.25) is 4.79 Å². The first-order valence-corrected chi connectivity index (χ1v) is 9.54. The molecule has 1 aliphatic heterocycles. The smallest absolute Gasteiger partial charge is 0.328 e. The van der Waals surface area contributed by atoms with Crippen LogP contribution in [0.1, 0.15) is 16.8 Å². The molecule has 1 heterocycles. The van der Waals surface area contributed by atoms with Gasteiger partial charge >= 0.3 is 5.97 Å². The lowest BCUT2D eigenvalue weighted by Gasteiger charge is -2.24. The summed E-state index contributed by atoms with van der Waals surface area (Å²) in [7, 11) is 5.55. The number of hydrogen-bond donors (Lipinski definition) is 0. The van der Waals surface area contributed by atoms with E-state index in [0.717, 1.165) is 0 Å². The molecule has 1 fully saturated rings. The average molecular weight is 433 g/mol. The number of ether oxygens (including phenoxy) is 5. The van der Waals surface area contributed by atoms with Gasteiger partial charge in [0, 0.05) is 6.42 Å². The van der Waals surface area contributed by atoms with E-state index in [9.17, 15) is 14.0 Å². The summed E-state index contributed by atoms with van der Waals surface area (Å²) in [6.45, 7) is 0.0600. The Morgan fingerprint density at radius 2 is 1.65 bits per heavy atom. The van der Waals surface area contributed by atoms with E-state index in [1.807, 2.05) is 0 Å². The minimum Gasteiger partial charge on any atom is -0.493 e. The number of carbonyl (C=O) groups is 2. The van der Waals surface area contributed by atoms with Crippen LogP contribution in [0.4, 0.5) is 4.39 Å². The van der Waals surface area contributed by atoms with Crippen LogP contribution < -0.4 is 18.9 Å². The fourth-order valence-corrected chi connectivity index (χ4v) is 3.61. The van der Waals surface area contributed by atoms with Gasteiger partial charge in [0.15, 0.2) is 23.1 Å². The number of rotatable bonds is 7. The number of benzene rings is 2. The Hall–Kier alpha value is -3.49. The van der Waals surface area contributed by atoms with Crippen LogP contribution in [0.5, 0.6) is 23.0 Å². The third kappa shape index (κ3) is 4.35. The first-order chi connectivity index (χ1) is 14.9. The average Bonchev–Trinajstić information content (AvgIpc) is 3.22. The van der Waals surface area contributed by atoms with E-state index in [1.54, 1.807) is 18.2 Å². The van der Waals surface area contributed by atoms with Crippen LogP contribution in [0, 0.1) is 5.82 Å². The molecule has 0 N–H and O–H groups in total. The lowest BCUT2D eigenvalue weighted by Crippen LogP contribution is -2.41. The minimum atomic E-state index is -0.896. The van der Waals surface area contributed by atoms with Crippen molar-refractivity contribution in [3.05, 3.63) is 47.8 Å². The quantitative estimate of drug-likeness (QED) is 0.621. The normalized spacial score (nSPS) is 17.8. The molecule has 0 bridgehead atoms. The van der Waals surface area contributed by atoms with Gasteiger partial charge in [-0.2, -0.15) is 0 Å². The topological polar surface area (TPSA) is 83.5 Å². The molecule has 2 aromatic carbocycles. The summed E-state index contributed by atoms with van der Waals surface area (Å²) >= 11 is 0. The molecule has 1 amide bonds. The van der Waals surface area contributed by atoms with Gasteiger partial charge in [-0.1, -0.05) is 12.1 Å². The van der Waals surface area contributed by atoms with E-state index >= 15 is 0 Å². The van der Waals surface area contributed by atoms with Crippen LogP contribution in [0.2, 0.25) is 0 Å². The molecule has 9 heteroatoms. The number of nitrogens with zero attached hydrogens (tertiary/aromatic N) is 1. The second-order valence-electron chi connectivity index (χ2n) is 6.78. The number of esters is 1. The summed E-state index contributed by atoms with van der Waals surface area (Å²) in [6.07, 6.45) is -0.446. The van der Waals surface area contributed by atoms with Crippen molar-refractivity contribution >= 4 is 11.9 Å². The van der Waals surface area contributed by atoms with Crippen molar-refractivity contribution in [2.45, 2.75) is 18.6 Å². The predicted molar refractivity (Wildman–Crippen MR) is 108 cm³/mol. The van der Waals surface area contributed by atoms with E-state index < -0.39 is 29.8 Å². The van der Waals surface area contributed by atoms with Gasteiger partial charge in [0.2, 0.25) is 5.75 Å². The van der Waals surface area contributed by atoms with E-state index in [4.69, 9.17) is 23.7 Å². The molecular weight excluding hydrogens is 409 g/mol. The zero-order valence-corrected chi connectivity index (χ0v) is 17.7. The van der Waals surface area contributed by atoms with E-state index in [0.29, 0.717) is 5.75 Å². The number of hydrogen-bond acceptors (Lipinski definition) is 7. The van der Waals surface area contributed by atoms with Crippen LogP contribution in [0.25, 0.3) is 0 Å². The summed E-state index contributed by atoms with van der Waals surface area (Å²) in [5.74, 6) is -0.724. The summed E-state index contributed by atoms with van der Waals surface area (Å²) < 4.78 is 40.6. The predicted octanol–water partition coefficient (Wildman–Crippen LogP) is 2.69. The van der Waals surface area contributed by atoms with Gasteiger partial charge < -0.3 is 28.6 Å². The summed E-state index contributed by atoms with van der Waals surface area (Å²) in [5.41, 5.74) is 0.181. The van der Waals surface area contributed by atoms with Crippen LogP contribution >= 0.6 is 0 Å². The maximum Gasteiger partial charge on any atom is 0.328 e. The maximum atomic E-state index is 14.0. The highest BCUT2D eigenvalue weighted by Crippen LogP contribution is 2.41. The van der Waals surface area contributed by atoms with Crippen LogP contribution in [-0.2, 0) is 9.53 Å². The third-order valence-corrected chi connectivity index (χ3v) is 5.06. The molecule has 8 nitrogen and oxygen atoms in total. The first-order valence-electron chi connectivity index (χ1n) is 9.54. The molecule has 0 radical (unpaired) electrons.